The number of ether oxygens (including phenoxy) is 1. The summed E-state index contributed by atoms with van der Waals surface area (Å²) in [5.74, 6) is 2.24. The molecule has 1 aliphatic heterocycles. The smallest absolute Gasteiger partial charge is 0.231 e. The zero-order chi connectivity index (χ0) is 24.0. The lowest BCUT2D eigenvalue weighted by molar-refractivity contribution is -0.127. The number of nitrogens with zero attached hydrogens (tertiary/aromatic N) is 5. The number of imidazole rings is 1. The molecule has 1 amide bonds. The Kier molecular flexibility index (Phi) is 6.74. The third-order valence-corrected chi connectivity index (χ3v) is 6.14. The van der Waals surface area contributed by atoms with Crippen LogP contribution in [0.5, 0.6) is 5.75 Å². The van der Waals surface area contributed by atoms with Gasteiger partial charge in [-0.05, 0) is 42.7 Å². The average Bonchev–Trinajstić information content (AvgIpc) is 3.49. The number of fused-ring (bicyclic) bond motifs is 1. The highest BCUT2D eigenvalue weighted by molar-refractivity contribution is 5.84. The van der Waals surface area contributed by atoms with E-state index in [0.29, 0.717) is 43.3 Å². The fraction of sp³-hybridized carbons (Fsp3) is 0.308. The highest BCUT2D eigenvalue weighted by atomic mass is 16.5. The summed E-state index contributed by atoms with van der Waals surface area (Å²) in [4.78, 5) is 28.0. The van der Waals surface area contributed by atoms with E-state index in [1.807, 2.05) is 51.9 Å². The van der Waals surface area contributed by atoms with E-state index < -0.39 is 0 Å². The lowest BCUT2D eigenvalue weighted by atomic mass is 10.1. The van der Waals surface area contributed by atoms with Crippen LogP contribution >= 0.6 is 0 Å². The highest BCUT2D eigenvalue weighted by Crippen LogP contribution is 2.23. The van der Waals surface area contributed by atoms with Gasteiger partial charge in [0.25, 0.3) is 0 Å². The van der Waals surface area contributed by atoms with Crippen LogP contribution in [0.25, 0.3) is 11.2 Å². The first-order valence-electron chi connectivity index (χ1n) is 11.9. The van der Waals surface area contributed by atoms with E-state index in [2.05, 4.69) is 27.8 Å². The molecule has 2 N–H and O–H groups in total. The van der Waals surface area contributed by atoms with E-state index in [1.54, 1.807) is 13.4 Å². The first-order valence-corrected chi connectivity index (χ1v) is 11.9. The number of rotatable bonds is 10. The molecule has 9 heteroatoms. The monoisotopic (exact) mass is 471 g/mol. The third kappa shape index (κ3) is 5.34. The quantitative estimate of drug-likeness (QED) is 0.363. The van der Waals surface area contributed by atoms with Crippen LogP contribution in [-0.2, 0) is 17.8 Å². The van der Waals surface area contributed by atoms with Crippen molar-refractivity contribution < 1.29 is 9.53 Å². The maximum absolute atomic E-state index is 12.0. The maximum atomic E-state index is 12.0. The largest absolute Gasteiger partial charge is 0.497 e. The average molecular weight is 472 g/mol. The van der Waals surface area contributed by atoms with Gasteiger partial charge in [0.15, 0.2) is 17.0 Å². The second-order valence-electron chi connectivity index (χ2n) is 8.51. The number of anilines is 3. The molecule has 1 aliphatic rings. The van der Waals surface area contributed by atoms with Gasteiger partial charge in [-0.3, -0.25) is 4.79 Å². The van der Waals surface area contributed by atoms with E-state index in [1.165, 1.54) is 5.56 Å². The van der Waals surface area contributed by atoms with Gasteiger partial charge in [0.05, 0.1) is 13.4 Å². The van der Waals surface area contributed by atoms with Crippen LogP contribution in [0.3, 0.4) is 0 Å². The molecule has 0 unspecified atom stereocenters. The number of nitrogens with one attached hydrogen (secondary N) is 2. The molecular weight excluding hydrogens is 442 g/mol. The number of carbonyl (C=O) groups excluding carboxylic acids is 1. The Morgan fingerprint density at radius 2 is 1.86 bits per heavy atom. The summed E-state index contributed by atoms with van der Waals surface area (Å²) in [5.41, 5.74) is 3.56. The van der Waals surface area contributed by atoms with Crippen LogP contribution in [-0.4, -0.2) is 57.1 Å². The third-order valence-electron chi connectivity index (χ3n) is 6.14. The summed E-state index contributed by atoms with van der Waals surface area (Å²) in [6.07, 6.45) is 4.18. The van der Waals surface area contributed by atoms with Gasteiger partial charge in [-0.2, -0.15) is 9.97 Å². The molecule has 0 aliphatic carbocycles. The number of carbonyl (C=O) groups is 1. The van der Waals surface area contributed by atoms with E-state index in [9.17, 15) is 4.79 Å². The molecule has 0 radical (unpaired) electrons. The molecule has 2 aromatic carbocycles. The van der Waals surface area contributed by atoms with Crippen molar-refractivity contribution in [1.29, 1.82) is 0 Å². The Morgan fingerprint density at radius 3 is 2.60 bits per heavy atom. The number of methoxy groups -OCH3 is 1. The second-order valence-corrected chi connectivity index (χ2v) is 8.51. The summed E-state index contributed by atoms with van der Waals surface area (Å²) in [6, 6.07) is 17.9. The first-order chi connectivity index (χ1) is 17.2. The van der Waals surface area contributed by atoms with Crippen LogP contribution < -0.4 is 15.4 Å². The van der Waals surface area contributed by atoms with Crippen LogP contribution in [0, 0.1) is 0 Å². The first kappa shape index (κ1) is 22.6. The minimum Gasteiger partial charge on any atom is -0.497 e. The van der Waals surface area contributed by atoms with Gasteiger partial charge < -0.3 is 24.8 Å². The molecular formula is C26H29N7O2. The molecule has 9 nitrogen and oxygen atoms in total. The van der Waals surface area contributed by atoms with E-state index >= 15 is 0 Å². The predicted octanol–water partition coefficient (Wildman–Crippen LogP) is 3.86. The van der Waals surface area contributed by atoms with Gasteiger partial charge in [-0.25, -0.2) is 4.98 Å². The van der Waals surface area contributed by atoms with Gasteiger partial charge in [0, 0.05) is 38.3 Å². The van der Waals surface area contributed by atoms with Crippen molar-refractivity contribution in [2.45, 2.75) is 25.8 Å². The molecule has 180 valence electrons. The minimum atomic E-state index is 0.219. The number of likely N-dealkylation sites (tertiary alicyclic amines) is 1. The summed E-state index contributed by atoms with van der Waals surface area (Å²) in [5, 5.41) is 6.74. The summed E-state index contributed by atoms with van der Waals surface area (Å²) in [6.45, 7) is 2.79. The molecule has 0 spiro atoms. The topological polar surface area (TPSA) is 97.2 Å². The molecule has 0 atom stereocenters. The molecule has 1 fully saturated rings. The molecule has 0 bridgehead atoms. The molecule has 2 aromatic heterocycles. The number of amides is 1. The van der Waals surface area contributed by atoms with Crippen molar-refractivity contribution in [2.75, 3.05) is 37.4 Å². The second kappa shape index (κ2) is 10.4. The number of aromatic nitrogens is 4. The van der Waals surface area contributed by atoms with Crippen molar-refractivity contribution in [3.63, 3.8) is 0 Å². The molecule has 1 saturated heterocycles. The van der Waals surface area contributed by atoms with Crippen LogP contribution in [0.1, 0.15) is 18.4 Å². The fourth-order valence-corrected chi connectivity index (χ4v) is 4.22. The summed E-state index contributed by atoms with van der Waals surface area (Å²) in [7, 11) is 1.67. The number of hydrogen-bond acceptors (Lipinski definition) is 7. The molecule has 0 saturated carbocycles. The fourth-order valence-electron chi connectivity index (χ4n) is 4.22. The van der Waals surface area contributed by atoms with Gasteiger partial charge in [0.2, 0.25) is 11.9 Å². The Hall–Kier alpha value is -4.14. The maximum Gasteiger partial charge on any atom is 0.231 e. The molecule has 35 heavy (non-hydrogen) atoms. The van der Waals surface area contributed by atoms with E-state index in [-0.39, 0.29) is 5.91 Å². The lowest BCUT2D eigenvalue weighted by Crippen LogP contribution is -2.28. The molecule has 5 rings (SSSR count). The Balaban J connectivity index is 1.37. The summed E-state index contributed by atoms with van der Waals surface area (Å²) < 4.78 is 7.24. The van der Waals surface area contributed by atoms with E-state index in [0.717, 1.165) is 36.5 Å². The number of hydrogen-bond donors (Lipinski definition) is 2. The summed E-state index contributed by atoms with van der Waals surface area (Å²) >= 11 is 0. The number of para-hydroxylation sites is 1. The van der Waals surface area contributed by atoms with Crippen molar-refractivity contribution in [3.05, 3.63) is 66.5 Å². The molecule has 4 aromatic rings. The Morgan fingerprint density at radius 1 is 1.03 bits per heavy atom. The van der Waals surface area contributed by atoms with Gasteiger partial charge in [-0.1, -0.05) is 30.3 Å². The standard InChI is InChI=1S/C26H29N7O2/c1-35-21-11-9-19(10-12-21)13-14-27-24-23-25(31-26(30-24)29-20-6-3-2-4-7-20)33(18-28-23)17-16-32-15-5-8-22(32)34/h2-4,6-7,9-12,18H,5,8,13-17H2,1H3,(H2,27,29,30,31). The van der Waals surface area contributed by atoms with Crippen molar-refractivity contribution >= 4 is 34.5 Å². The van der Waals surface area contributed by atoms with Crippen LogP contribution in [0.15, 0.2) is 60.9 Å². The van der Waals surface area contributed by atoms with Gasteiger partial charge >= 0.3 is 0 Å². The minimum absolute atomic E-state index is 0.219. The van der Waals surface area contributed by atoms with Crippen molar-refractivity contribution in [2.24, 2.45) is 0 Å². The SMILES string of the molecule is COc1ccc(CCNc2nc(Nc3ccccc3)nc3c2ncn3CCN2CCCC2=O)cc1. The highest BCUT2D eigenvalue weighted by Gasteiger charge is 2.20. The Labute approximate surface area is 204 Å². The van der Waals surface area contributed by atoms with E-state index in [4.69, 9.17) is 14.7 Å². The zero-order valence-electron chi connectivity index (χ0n) is 19.8. The normalized spacial score (nSPS) is 13.4. The lowest BCUT2D eigenvalue weighted by Gasteiger charge is -2.16. The van der Waals surface area contributed by atoms with Gasteiger partial charge in [-0.15, -0.1) is 0 Å². The Bertz CT molecular complexity index is 1290. The van der Waals surface area contributed by atoms with Crippen molar-refractivity contribution in [1.82, 2.24) is 24.4 Å². The zero-order valence-corrected chi connectivity index (χ0v) is 19.8. The van der Waals surface area contributed by atoms with Crippen molar-refractivity contribution in [3.8, 4) is 5.75 Å². The number of benzene rings is 2. The molecule has 3 heterocycles. The predicted molar refractivity (Wildman–Crippen MR) is 136 cm³/mol. The van der Waals surface area contributed by atoms with Gasteiger partial charge in [0.1, 0.15) is 5.75 Å². The van der Waals surface area contributed by atoms with Crippen LogP contribution in [0.2, 0.25) is 0 Å². The van der Waals surface area contributed by atoms with Crippen LogP contribution in [0.4, 0.5) is 17.5 Å².